The molecule has 2 rings (SSSR count). The van der Waals surface area contributed by atoms with Crippen LogP contribution in [-0.2, 0) is 6.54 Å². The molecule has 0 aliphatic heterocycles. The average molecular weight is 272 g/mol. The van der Waals surface area contributed by atoms with E-state index in [1.54, 1.807) is 18.2 Å². The molecule has 0 heterocycles. The maximum atomic E-state index is 11.0. The van der Waals surface area contributed by atoms with Crippen molar-refractivity contribution in [3.05, 3.63) is 63.7 Å². The second kappa shape index (κ2) is 6.16. The first-order valence-electron chi connectivity index (χ1n) is 6.27. The molecule has 0 amide bonds. The molecule has 0 saturated carbocycles. The number of ether oxygens (including phenoxy) is 1. The highest BCUT2D eigenvalue weighted by atomic mass is 16.6. The van der Waals surface area contributed by atoms with Gasteiger partial charge in [-0.1, -0.05) is 24.3 Å². The first-order valence-corrected chi connectivity index (χ1v) is 6.27. The number of hydrogen-bond acceptors (Lipinski definition) is 4. The molecule has 0 fully saturated rings. The molecule has 5 nitrogen and oxygen atoms in total. The minimum atomic E-state index is -0.442. The summed E-state index contributed by atoms with van der Waals surface area (Å²) >= 11 is 0. The Hall–Kier alpha value is -2.40. The van der Waals surface area contributed by atoms with Crippen LogP contribution in [0, 0.1) is 17.0 Å². The van der Waals surface area contributed by atoms with Crippen molar-refractivity contribution in [2.24, 2.45) is 0 Å². The summed E-state index contributed by atoms with van der Waals surface area (Å²) in [6, 6.07) is 12.2. The van der Waals surface area contributed by atoms with Crippen molar-refractivity contribution >= 4 is 5.69 Å². The van der Waals surface area contributed by atoms with E-state index in [-0.39, 0.29) is 11.4 Å². The van der Waals surface area contributed by atoms with Crippen molar-refractivity contribution in [1.82, 2.24) is 5.32 Å². The third kappa shape index (κ3) is 3.13. The van der Waals surface area contributed by atoms with Gasteiger partial charge >= 0.3 is 5.69 Å². The highest BCUT2D eigenvalue weighted by molar-refractivity contribution is 5.49. The van der Waals surface area contributed by atoms with Crippen LogP contribution in [0.5, 0.6) is 11.5 Å². The molecule has 2 aromatic rings. The molecule has 2 aromatic carbocycles. The number of benzene rings is 2. The Labute approximate surface area is 117 Å². The normalized spacial score (nSPS) is 10.3. The number of nitrogens with one attached hydrogen (secondary N) is 1. The van der Waals surface area contributed by atoms with Crippen molar-refractivity contribution in [1.29, 1.82) is 0 Å². The van der Waals surface area contributed by atoms with Crippen molar-refractivity contribution in [2.45, 2.75) is 13.5 Å². The van der Waals surface area contributed by atoms with E-state index in [9.17, 15) is 10.1 Å². The van der Waals surface area contributed by atoms with E-state index in [2.05, 4.69) is 5.32 Å². The topological polar surface area (TPSA) is 64.4 Å². The molecule has 0 aromatic heterocycles. The molecule has 0 bridgehead atoms. The van der Waals surface area contributed by atoms with E-state index in [0.29, 0.717) is 12.3 Å². The zero-order chi connectivity index (χ0) is 14.5. The molecule has 20 heavy (non-hydrogen) atoms. The molecule has 1 N–H and O–H groups in total. The largest absolute Gasteiger partial charge is 0.450 e. The second-order valence-corrected chi connectivity index (χ2v) is 4.46. The molecule has 0 unspecified atom stereocenters. The van der Waals surface area contributed by atoms with Crippen LogP contribution in [-0.4, -0.2) is 12.0 Å². The quantitative estimate of drug-likeness (QED) is 0.669. The molecule has 0 atom stereocenters. The maximum Gasteiger partial charge on any atom is 0.311 e. The molecular formula is C15H16N2O3. The van der Waals surface area contributed by atoms with Crippen molar-refractivity contribution < 1.29 is 9.66 Å². The third-order valence-electron chi connectivity index (χ3n) is 2.92. The molecule has 0 saturated heterocycles. The van der Waals surface area contributed by atoms with Crippen LogP contribution in [0.1, 0.15) is 11.1 Å². The van der Waals surface area contributed by atoms with Gasteiger partial charge in [-0.05, 0) is 37.2 Å². The number of hydrogen-bond donors (Lipinski definition) is 1. The van der Waals surface area contributed by atoms with E-state index < -0.39 is 4.92 Å². The monoisotopic (exact) mass is 272 g/mol. The van der Waals surface area contributed by atoms with Gasteiger partial charge in [0.05, 0.1) is 4.92 Å². The number of nitro benzene ring substituents is 1. The number of nitrogens with zero attached hydrogens (tertiary/aromatic N) is 1. The molecule has 0 radical (unpaired) electrons. The summed E-state index contributed by atoms with van der Waals surface area (Å²) in [5.41, 5.74) is 1.96. The smallest absolute Gasteiger partial charge is 0.311 e. The van der Waals surface area contributed by atoms with Crippen molar-refractivity contribution in [3.63, 3.8) is 0 Å². The average Bonchev–Trinajstić information content (AvgIpc) is 2.43. The van der Waals surface area contributed by atoms with Crippen LogP contribution in [0.15, 0.2) is 42.5 Å². The summed E-state index contributed by atoms with van der Waals surface area (Å²) < 4.78 is 5.72. The maximum absolute atomic E-state index is 11.0. The summed E-state index contributed by atoms with van der Waals surface area (Å²) in [6.45, 7) is 2.63. The van der Waals surface area contributed by atoms with Crippen molar-refractivity contribution in [3.8, 4) is 11.5 Å². The lowest BCUT2D eigenvalue weighted by atomic mass is 10.1. The standard InChI is InChI=1S/C15H16N2O3/c1-11-7-8-12(10-16-2)9-15(11)20-14-6-4-3-5-13(14)17(18)19/h3-9,16H,10H2,1-2H3. The van der Waals surface area contributed by atoms with Gasteiger partial charge in [-0.2, -0.15) is 0 Å². The fraction of sp³-hybridized carbons (Fsp3) is 0.200. The highest BCUT2D eigenvalue weighted by Crippen LogP contribution is 2.32. The molecule has 0 aliphatic carbocycles. The van der Waals surface area contributed by atoms with E-state index in [1.165, 1.54) is 6.07 Å². The van der Waals surface area contributed by atoms with E-state index >= 15 is 0 Å². The van der Waals surface area contributed by atoms with Crippen molar-refractivity contribution in [2.75, 3.05) is 7.05 Å². The summed E-state index contributed by atoms with van der Waals surface area (Å²) in [4.78, 5) is 10.5. The summed E-state index contributed by atoms with van der Waals surface area (Å²) in [5.74, 6) is 0.884. The van der Waals surface area contributed by atoms with Gasteiger partial charge in [0.1, 0.15) is 5.75 Å². The lowest BCUT2D eigenvalue weighted by Gasteiger charge is -2.10. The zero-order valence-electron chi connectivity index (χ0n) is 11.4. The third-order valence-corrected chi connectivity index (χ3v) is 2.92. The van der Waals surface area contributed by atoms with E-state index in [0.717, 1.165) is 11.1 Å². The first-order chi connectivity index (χ1) is 9.61. The van der Waals surface area contributed by atoms with Gasteiger partial charge in [0, 0.05) is 12.6 Å². The summed E-state index contributed by atoms with van der Waals surface area (Å²) in [5, 5.41) is 14.0. The number of para-hydroxylation sites is 2. The minimum absolute atomic E-state index is 0.0362. The predicted octanol–water partition coefficient (Wildman–Crippen LogP) is 3.41. The Bertz CT molecular complexity index is 626. The Morgan fingerprint density at radius 1 is 1.20 bits per heavy atom. The SMILES string of the molecule is CNCc1ccc(C)c(Oc2ccccc2[N+](=O)[O-])c1. The lowest BCUT2D eigenvalue weighted by Crippen LogP contribution is -2.05. The Morgan fingerprint density at radius 3 is 2.65 bits per heavy atom. The molecule has 104 valence electrons. The van der Waals surface area contributed by atoms with Crippen LogP contribution in [0.2, 0.25) is 0 Å². The second-order valence-electron chi connectivity index (χ2n) is 4.46. The Kier molecular flexibility index (Phi) is 4.32. The van der Waals surface area contributed by atoms with Crippen LogP contribution in [0.25, 0.3) is 0 Å². The van der Waals surface area contributed by atoms with E-state index in [4.69, 9.17) is 4.74 Å². The zero-order valence-corrected chi connectivity index (χ0v) is 11.4. The summed E-state index contributed by atoms with van der Waals surface area (Å²) in [7, 11) is 1.86. The molecule has 0 spiro atoms. The number of rotatable bonds is 5. The van der Waals surface area contributed by atoms with E-state index in [1.807, 2.05) is 32.2 Å². The van der Waals surface area contributed by atoms with Crippen LogP contribution < -0.4 is 10.1 Å². The molecule has 0 aliphatic rings. The van der Waals surface area contributed by atoms with Gasteiger partial charge in [-0.15, -0.1) is 0 Å². The predicted molar refractivity (Wildman–Crippen MR) is 77.1 cm³/mol. The van der Waals surface area contributed by atoms with Crippen LogP contribution in [0.3, 0.4) is 0 Å². The first kappa shape index (κ1) is 14.0. The Balaban J connectivity index is 2.34. The lowest BCUT2D eigenvalue weighted by molar-refractivity contribution is -0.385. The molecule has 5 heteroatoms. The fourth-order valence-electron chi connectivity index (χ4n) is 1.88. The number of nitro groups is 1. The van der Waals surface area contributed by atoms with Crippen LogP contribution >= 0.6 is 0 Å². The number of aryl methyl sites for hydroxylation is 1. The van der Waals surface area contributed by atoms with Crippen LogP contribution in [0.4, 0.5) is 5.69 Å². The van der Waals surface area contributed by atoms with Gasteiger partial charge in [-0.3, -0.25) is 10.1 Å². The fourth-order valence-corrected chi connectivity index (χ4v) is 1.88. The Morgan fingerprint density at radius 2 is 1.95 bits per heavy atom. The van der Waals surface area contributed by atoms with Gasteiger partial charge < -0.3 is 10.1 Å². The summed E-state index contributed by atoms with van der Waals surface area (Å²) in [6.07, 6.45) is 0. The minimum Gasteiger partial charge on any atom is -0.450 e. The van der Waals surface area contributed by atoms with Gasteiger partial charge in [0.15, 0.2) is 0 Å². The highest BCUT2D eigenvalue weighted by Gasteiger charge is 2.15. The van der Waals surface area contributed by atoms with Gasteiger partial charge in [0.2, 0.25) is 5.75 Å². The van der Waals surface area contributed by atoms with Gasteiger partial charge in [-0.25, -0.2) is 0 Å². The molecular weight excluding hydrogens is 256 g/mol. The van der Waals surface area contributed by atoms with Gasteiger partial charge in [0.25, 0.3) is 0 Å².